The quantitative estimate of drug-likeness (QED) is 0.105. The summed E-state index contributed by atoms with van der Waals surface area (Å²) >= 11 is 2.82. The van der Waals surface area contributed by atoms with Crippen molar-refractivity contribution in [1.82, 2.24) is 16.0 Å². The van der Waals surface area contributed by atoms with Gasteiger partial charge in [0.2, 0.25) is 23.6 Å². The van der Waals surface area contributed by atoms with Crippen molar-refractivity contribution < 1.29 is 39.0 Å². The maximum absolute atomic E-state index is 12.9. The highest BCUT2D eigenvalue weighted by Gasteiger charge is 2.30. The SMILES string of the molecule is CSCCC(NC(=O)C(CCSC)NC(=O)C(CCC(N)=O)NC(=O)C(N)CC(=O)O)C(=O)O. The van der Waals surface area contributed by atoms with Crippen molar-refractivity contribution in [3.05, 3.63) is 0 Å². The lowest BCUT2D eigenvalue weighted by Gasteiger charge is -2.25. The summed E-state index contributed by atoms with van der Waals surface area (Å²) in [7, 11) is 0. The van der Waals surface area contributed by atoms with Crippen LogP contribution in [0.15, 0.2) is 0 Å². The summed E-state index contributed by atoms with van der Waals surface area (Å²) in [5.41, 5.74) is 10.6. The Bertz CT molecular complexity index is 739. The second-order valence-electron chi connectivity index (χ2n) is 7.29. The van der Waals surface area contributed by atoms with Gasteiger partial charge in [-0.15, -0.1) is 0 Å². The molecule has 0 fully saturated rings. The van der Waals surface area contributed by atoms with E-state index in [2.05, 4.69) is 16.0 Å². The Hall–Kier alpha value is -2.52. The lowest BCUT2D eigenvalue weighted by atomic mass is 10.1. The van der Waals surface area contributed by atoms with E-state index in [-0.39, 0.29) is 25.7 Å². The molecular formula is C19H33N5O8S2. The van der Waals surface area contributed by atoms with Crippen LogP contribution in [-0.2, 0) is 28.8 Å². The number of carbonyl (C=O) groups excluding carboxylic acids is 4. The molecular weight excluding hydrogens is 490 g/mol. The Morgan fingerprint density at radius 3 is 1.65 bits per heavy atom. The third-order valence-electron chi connectivity index (χ3n) is 4.51. The number of hydrogen-bond donors (Lipinski definition) is 7. The number of primary amides is 1. The van der Waals surface area contributed by atoms with Crippen LogP contribution in [0, 0.1) is 0 Å². The molecule has 0 aliphatic heterocycles. The van der Waals surface area contributed by atoms with Gasteiger partial charge >= 0.3 is 11.9 Å². The van der Waals surface area contributed by atoms with Gasteiger partial charge in [-0.3, -0.25) is 24.0 Å². The normalized spacial score (nSPS) is 14.2. The first kappa shape index (κ1) is 31.5. The van der Waals surface area contributed by atoms with E-state index in [1.165, 1.54) is 23.5 Å². The molecule has 0 aromatic heterocycles. The van der Waals surface area contributed by atoms with Crippen LogP contribution in [0.1, 0.15) is 32.1 Å². The Kier molecular flexibility index (Phi) is 15.7. The molecule has 15 heteroatoms. The van der Waals surface area contributed by atoms with Crippen LogP contribution in [0.2, 0.25) is 0 Å². The molecule has 4 unspecified atom stereocenters. The maximum atomic E-state index is 12.9. The second-order valence-corrected chi connectivity index (χ2v) is 9.27. The fraction of sp³-hybridized carbons (Fsp3) is 0.684. The smallest absolute Gasteiger partial charge is 0.326 e. The van der Waals surface area contributed by atoms with E-state index in [0.29, 0.717) is 11.5 Å². The molecule has 9 N–H and O–H groups in total. The number of carbonyl (C=O) groups is 6. The number of amides is 4. The van der Waals surface area contributed by atoms with E-state index in [0.717, 1.165) is 0 Å². The van der Waals surface area contributed by atoms with Crippen LogP contribution in [0.4, 0.5) is 0 Å². The lowest BCUT2D eigenvalue weighted by Crippen LogP contribution is -2.57. The largest absolute Gasteiger partial charge is 0.481 e. The van der Waals surface area contributed by atoms with Crippen molar-refractivity contribution >= 4 is 59.1 Å². The molecule has 0 saturated carbocycles. The first-order valence-corrected chi connectivity index (χ1v) is 13.1. The average molecular weight is 524 g/mol. The molecule has 194 valence electrons. The highest BCUT2D eigenvalue weighted by molar-refractivity contribution is 7.98. The van der Waals surface area contributed by atoms with E-state index >= 15 is 0 Å². The summed E-state index contributed by atoms with van der Waals surface area (Å²) in [6, 6.07) is -5.02. The summed E-state index contributed by atoms with van der Waals surface area (Å²) in [4.78, 5) is 71.2. The zero-order valence-corrected chi connectivity index (χ0v) is 20.7. The maximum Gasteiger partial charge on any atom is 0.326 e. The summed E-state index contributed by atoms with van der Waals surface area (Å²) in [6.45, 7) is 0. The number of rotatable bonds is 18. The van der Waals surface area contributed by atoms with E-state index in [1.54, 1.807) is 12.5 Å². The van der Waals surface area contributed by atoms with Crippen molar-refractivity contribution in [1.29, 1.82) is 0 Å². The van der Waals surface area contributed by atoms with Gasteiger partial charge in [0, 0.05) is 6.42 Å². The molecule has 0 saturated heterocycles. The predicted octanol–water partition coefficient (Wildman–Crippen LogP) is -1.90. The minimum Gasteiger partial charge on any atom is -0.481 e. The molecule has 0 spiro atoms. The number of aliphatic carboxylic acids is 2. The van der Waals surface area contributed by atoms with Crippen LogP contribution in [-0.4, -0.2) is 94.0 Å². The molecule has 0 heterocycles. The van der Waals surface area contributed by atoms with Crippen LogP contribution < -0.4 is 27.4 Å². The fourth-order valence-electron chi connectivity index (χ4n) is 2.66. The molecule has 0 radical (unpaired) electrons. The molecule has 0 aliphatic carbocycles. The molecule has 4 amide bonds. The number of carboxylic acids is 2. The molecule has 4 atom stereocenters. The number of hydrogen-bond acceptors (Lipinski definition) is 9. The number of nitrogens with one attached hydrogen (secondary N) is 3. The molecule has 0 aromatic carbocycles. The minimum atomic E-state index is -1.44. The number of carboxylic acid groups (broad SMARTS) is 2. The zero-order chi connectivity index (χ0) is 26.3. The summed E-state index contributed by atoms with van der Waals surface area (Å²) in [6.07, 6.45) is 2.77. The van der Waals surface area contributed by atoms with Gasteiger partial charge in [-0.1, -0.05) is 0 Å². The van der Waals surface area contributed by atoms with Gasteiger partial charge in [0.05, 0.1) is 12.5 Å². The van der Waals surface area contributed by atoms with Crippen LogP contribution >= 0.6 is 23.5 Å². The van der Waals surface area contributed by atoms with Crippen molar-refractivity contribution in [2.45, 2.75) is 56.3 Å². The second kappa shape index (κ2) is 17.0. The van der Waals surface area contributed by atoms with Gasteiger partial charge in [0.15, 0.2) is 0 Å². The van der Waals surface area contributed by atoms with Crippen molar-refractivity contribution in [2.75, 3.05) is 24.0 Å². The van der Waals surface area contributed by atoms with Crippen LogP contribution in [0.3, 0.4) is 0 Å². The Balaban J connectivity index is 5.49. The summed E-state index contributed by atoms with van der Waals surface area (Å²) in [5, 5.41) is 25.3. The highest BCUT2D eigenvalue weighted by Crippen LogP contribution is 2.07. The van der Waals surface area contributed by atoms with E-state index in [4.69, 9.17) is 16.6 Å². The topological polar surface area (TPSA) is 231 Å². The van der Waals surface area contributed by atoms with Crippen molar-refractivity contribution in [2.24, 2.45) is 11.5 Å². The minimum absolute atomic E-state index is 0.169. The standard InChI is InChI=1S/C19H33N5O8S2/c1-33-7-5-12(18(30)24-13(19(31)32)6-8-34-2)23-17(29)11(3-4-14(21)25)22-16(28)10(20)9-15(26)27/h10-13H,3-9,20H2,1-2H3,(H2,21,25)(H,22,28)(H,23,29)(H,24,30)(H,26,27)(H,31,32). The predicted molar refractivity (Wildman–Crippen MR) is 128 cm³/mol. The van der Waals surface area contributed by atoms with E-state index in [1.807, 2.05) is 0 Å². The first-order chi connectivity index (χ1) is 15.9. The van der Waals surface area contributed by atoms with E-state index in [9.17, 15) is 33.9 Å². The van der Waals surface area contributed by atoms with Gasteiger partial charge in [-0.2, -0.15) is 23.5 Å². The van der Waals surface area contributed by atoms with Crippen molar-refractivity contribution in [3.63, 3.8) is 0 Å². The molecule has 0 aromatic rings. The Labute approximate surface area is 205 Å². The summed E-state index contributed by atoms with van der Waals surface area (Å²) in [5.74, 6) is -4.77. The third kappa shape index (κ3) is 13.3. The number of thioether (sulfide) groups is 2. The van der Waals surface area contributed by atoms with Crippen LogP contribution in [0.25, 0.3) is 0 Å². The Morgan fingerprint density at radius 1 is 0.765 bits per heavy atom. The van der Waals surface area contributed by atoms with Gasteiger partial charge in [0.25, 0.3) is 0 Å². The molecule has 0 bridgehead atoms. The number of nitrogens with two attached hydrogens (primary N) is 2. The summed E-state index contributed by atoms with van der Waals surface area (Å²) < 4.78 is 0. The lowest BCUT2D eigenvalue weighted by molar-refractivity contribution is -0.142. The fourth-order valence-corrected chi connectivity index (χ4v) is 3.60. The van der Waals surface area contributed by atoms with Gasteiger partial charge < -0.3 is 37.6 Å². The Morgan fingerprint density at radius 2 is 1.21 bits per heavy atom. The molecule has 13 nitrogen and oxygen atoms in total. The monoisotopic (exact) mass is 523 g/mol. The molecule has 0 aliphatic rings. The van der Waals surface area contributed by atoms with Crippen molar-refractivity contribution in [3.8, 4) is 0 Å². The van der Waals surface area contributed by atoms with E-state index < -0.39 is 66.2 Å². The molecule has 0 rings (SSSR count). The average Bonchev–Trinajstić information content (AvgIpc) is 2.75. The van der Waals surface area contributed by atoms with Gasteiger partial charge in [-0.25, -0.2) is 4.79 Å². The first-order valence-electron chi connectivity index (χ1n) is 10.3. The van der Waals surface area contributed by atoms with Gasteiger partial charge in [0.1, 0.15) is 18.1 Å². The zero-order valence-electron chi connectivity index (χ0n) is 19.1. The van der Waals surface area contributed by atoms with Crippen LogP contribution in [0.5, 0.6) is 0 Å². The van der Waals surface area contributed by atoms with Gasteiger partial charge in [-0.05, 0) is 43.3 Å². The molecule has 34 heavy (non-hydrogen) atoms. The highest BCUT2D eigenvalue weighted by atomic mass is 32.2. The third-order valence-corrected chi connectivity index (χ3v) is 5.80.